The third-order valence-corrected chi connectivity index (χ3v) is 2.82. The van der Waals surface area contributed by atoms with Gasteiger partial charge in [-0.25, -0.2) is 0 Å². The molecule has 0 radical (unpaired) electrons. The third-order valence-electron chi connectivity index (χ3n) is 2.39. The molecule has 0 aliphatic heterocycles. The summed E-state index contributed by atoms with van der Waals surface area (Å²) in [6.07, 6.45) is 1.69. The zero-order valence-corrected chi connectivity index (χ0v) is 10.7. The van der Waals surface area contributed by atoms with Crippen LogP contribution < -0.4 is 5.32 Å². The first kappa shape index (κ1) is 11.3. The molecule has 1 unspecified atom stereocenters. The van der Waals surface area contributed by atoms with E-state index in [4.69, 9.17) is 4.42 Å². The van der Waals surface area contributed by atoms with Crippen LogP contribution in [0.25, 0.3) is 0 Å². The normalized spacial score (nSPS) is 12.9. The van der Waals surface area contributed by atoms with E-state index in [1.165, 1.54) is 0 Å². The second-order valence-electron chi connectivity index (χ2n) is 3.60. The number of aromatic nitrogens is 3. The summed E-state index contributed by atoms with van der Waals surface area (Å²) in [5.41, 5.74) is 0. The van der Waals surface area contributed by atoms with E-state index in [0.29, 0.717) is 6.54 Å². The zero-order chi connectivity index (χ0) is 11.5. The minimum absolute atomic E-state index is 0.142. The lowest BCUT2D eigenvalue weighted by Gasteiger charge is -2.10. The van der Waals surface area contributed by atoms with E-state index in [1.54, 1.807) is 6.33 Å². The first-order valence-corrected chi connectivity index (χ1v) is 5.77. The van der Waals surface area contributed by atoms with Gasteiger partial charge in [-0.15, -0.1) is 10.2 Å². The van der Waals surface area contributed by atoms with Gasteiger partial charge in [-0.3, -0.25) is 0 Å². The van der Waals surface area contributed by atoms with Gasteiger partial charge in [-0.05, 0) is 35.0 Å². The highest BCUT2D eigenvalue weighted by atomic mass is 79.9. The molecule has 5 nitrogen and oxygen atoms in total. The summed E-state index contributed by atoms with van der Waals surface area (Å²) < 4.78 is 8.09. The molecule has 0 bridgehead atoms. The quantitative estimate of drug-likeness (QED) is 0.933. The van der Waals surface area contributed by atoms with Gasteiger partial charge >= 0.3 is 0 Å². The Morgan fingerprint density at radius 2 is 2.38 bits per heavy atom. The Balaban J connectivity index is 1.93. The monoisotopic (exact) mass is 284 g/mol. The standard InChI is InChI=1S/C10H13BrN4O/c1-7(8-3-4-9(11)16-8)12-5-10-14-13-6-15(10)2/h3-4,6-7,12H,5H2,1-2H3. The van der Waals surface area contributed by atoms with Gasteiger partial charge in [0.05, 0.1) is 12.6 Å². The summed E-state index contributed by atoms with van der Waals surface area (Å²) in [5, 5.41) is 11.1. The maximum absolute atomic E-state index is 5.46. The Labute approximate surface area is 102 Å². The highest BCUT2D eigenvalue weighted by Crippen LogP contribution is 2.20. The molecule has 0 saturated heterocycles. The van der Waals surface area contributed by atoms with Crippen molar-refractivity contribution in [3.8, 4) is 0 Å². The molecular formula is C10H13BrN4O. The van der Waals surface area contributed by atoms with Gasteiger partial charge in [-0.1, -0.05) is 0 Å². The van der Waals surface area contributed by atoms with Crippen LogP contribution in [0.5, 0.6) is 0 Å². The van der Waals surface area contributed by atoms with Gasteiger partial charge in [-0.2, -0.15) is 0 Å². The maximum atomic E-state index is 5.46. The molecule has 2 heterocycles. The topological polar surface area (TPSA) is 55.9 Å². The first-order chi connectivity index (χ1) is 7.66. The number of halogens is 1. The van der Waals surface area contributed by atoms with Crippen molar-refractivity contribution in [3.05, 3.63) is 34.7 Å². The molecule has 0 aliphatic rings. The zero-order valence-electron chi connectivity index (χ0n) is 9.14. The van der Waals surface area contributed by atoms with Gasteiger partial charge in [0.2, 0.25) is 0 Å². The molecule has 0 aliphatic carbocycles. The fraction of sp³-hybridized carbons (Fsp3) is 0.400. The largest absolute Gasteiger partial charge is 0.453 e. The summed E-state index contributed by atoms with van der Waals surface area (Å²) >= 11 is 3.28. The van der Waals surface area contributed by atoms with Gasteiger partial charge in [0, 0.05) is 7.05 Å². The van der Waals surface area contributed by atoms with E-state index in [2.05, 4.69) is 31.4 Å². The number of nitrogens with zero attached hydrogens (tertiary/aromatic N) is 3. The Morgan fingerprint density at radius 1 is 1.56 bits per heavy atom. The number of rotatable bonds is 4. The molecule has 0 fully saturated rings. The lowest BCUT2D eigenvalue weighted by atomic mass is 10.2. The molecule has 0 amide bonds. The third kappa shape index (κ3) is 2.51. The van der Waals surface area contributed by atoms with Gasteiger partial charge < -0.3 is 14.3 Å². The Morgan fingerprint density at radius 3 is 2.94 bits per heavy atom. The van der Waals surface area contributed by atoms with E-state index in [-0.39, 0.29) is 6.04 Å². The summed E-state index contributed by atoms with van der Waals surface area (Å²) in [7, 11) is 1.92. The van der Waals surface area contributed by atoms with Crippen molar-refractivity contribution in [2.24, 2.45) is 7.05 Å². The second kappa shape index (κ2) is 4.80. The number of furan rings is 1. The summed E-state index contributed by atoms with van der Waals surface area (Å²) in [5.74, 6) is 1.80. The Kier molecular flexibility index (Phi) is 3.40. The van der Waals surface area contributed by atoms with Crippen LogP contribution in [0.4, 0.5) is 0 Å². The van der Waals surface area contributed by atoms with Crippen molar-refractivity contribution in [1.29, 1.82) is 0 Å². The average Bonchev–Trinajstić information content (AvgIpc) is 2.84. The molecule has 1 atom stereocenters. The van der Waals surface area contributed by atoms with Crippen molar-refractivity contribution in [2.75, 3.05) is 0 Å². The van der Waals surface area contributed by atoms with E-state index >= 15 is 0 Å². The SMILES string of the molecule is CC(NCc1nncn1C)c1ccc(Br)o1. The lowest BCUT2D eigenvalue weighted by molar-refractivity contribution is 0.413. The van der Waals surface area contributed by atoms with Crippen LogP contribution in [0.2, 0.25) is 0 Å². The molecule has 1 N–H and O–H groups in total. The predicted molar refractivity (Wildman–Crippen MR) is 62.7 cm³/mol. The first-order valence-electron chi connectivity index (χ1n) is 4.98. The number of nitrogens with one attached hydrogen (secondary N) is 1. The molecule has 0 spiro atoms. The fourth-order valence-corrected chi connectivity index (χ4v) is 1.69. The van der Waals surface area contributed by atoms with Crippen LogP contribution >= 0.6 is 15.9 Å². The van der Waals surface area contributed by atoms with Crippen LogP contribution in [-0.2, 0) is 13.6 Å². The van der Waals surface area contributed by atoms with Crippen LogP contribution in [0.1, 0.15) is 24.6 Å². The average molecular weight is 285 g/mol. The molecule has 16 heavy (non-hydrogen) atoms. The molecule has 2 aromatic rings. The van der Waals surface area contributed by atoms with Gasteiger partial charge in [0.15, 0.2) is 4.67 Å². The summed E-state index contributed by atoms with van der Waals surface area (Å²) in [6, 6.07) is 3.97. The molecule has 2 aromatic heterocycles. The number of hydrogen-bond acceptors (Lipinski definition) is 4. The summed E-state index contributed by atoms with van der Waals surface area (Å²) in [4.78, 5) is 0. The minimum Gasteiger partial charge on any atom is -0.453 e. The molecule has 6 heteroatoms. The van der Waals surface area contributed by atoms with Crippen LogP contribution in [0.3, 0.4) is 0 Å². The highest BCUT2D eigenvalue weighted by Gasteiger charge is 2.10. The second-order valence-corrected chi connectivity index (χ2v) is 4.38. The maximum Gasteiger partial charge on any atom is 0.169 e. The van der Waals surface area contributed by atoms with Gasteiger partial charge in [0.1, 0.15) is 17.9 Å². The lowest BCUT2D eigenvalue weighted by Crippen LogP contribution is -2.19. The van der Waals surface area contributed by atoms with E-state index in [0.717, 1.165) is 16.3 Å². The fourth-order valence-electron chi connectivity index (χ4n) is 1.37. The van der Waals surface area contributed by atoms with E-state index in [9.17, 15) is 0 Å². The van der Waals surface area contributed by atoms with Crippen LogP contribution in [0.15, 0.2) is 27.5 Å². The number of hydrogen-bond donors (Lipinski definition) is 1. The van der Waals surface area contributed by atoms with Gasteiger partial charge in [0.25, 0.3) is 0 Å². The Bertz CT molecular complexity index is 465. The van der Waals surface area contributed by atoms with Crippen molar-refractivity contribution in [2.45, 2.75) is 19.5 Å². The molecule has 86 valence electrons. The molecule has 0 saturated carbocycles. The van der Waals surface area contributed by atoms with E-state index < -0.39 is 0 Å². The number of aryl methyl sites for hydroxylation is 1. The van der Waals surface area contributed by atoms with Crippen LogP contribution in [0, 0.1) is 0 Å². The van der Waals surface area contributed by atoms with E-state index in [1.807, 2.05) is 30.7 Å². The minimum atomic E-state index is 0.142. The summed E-state index contributed by atoms with van der Waals surface area (Å²) in [6.45, 7) is 2.71. The predicted octanol–water partition coefficient (Wildman–Crippen LogP) is 2.02. The highest BCUT2D eigenvalue weighted by molar-refractivity contribution is 9.10. The molecule has 0 aromatic carbocycles. The molecular weight excluding hydrogens is 272 g/mol. The smallest absolute Gasteiger partial charge is 0.169 e. The van der Waals surface area contributed by atoms with Crippen molar-refractivity contribution in [3.63, 3.8) is 0 Å². The molecule has 2 rings (SSSR count). The van der Waals surface area contributed by atoms with Crippen molar-refractivity contribution >= 4 is 15.9 Å². The van der Waals surface area contributed by atoms with Crippen molar-refractivity contribution < 1.29 is 4.42 Å². The Hall–Kier alpha value is -1.14. The van der Waals surface area contributed by atoms with Crippen LogP contribution in [-0.4, -0.2) is 14.8 Å². The van der Waals surface area contributed by atoms with Crippen molar-refractivity contribution in [1.82, 2.24) is 20.1 Å².